The third-order valence-corrected chi connectivity index (χ3v) is 3.21. The zero-order valence-corrected chi connectivity index (χ0v) is 11.5. The zero-order valence-electron chi connectivity index (χ0n) is 11.5. The fourth-order valence-electron chi connectivity index (χ4n) is 2.11. The monoisotopic (exact) mass is 273 g/mol. The second-order valence-corrected chi connectivity index (χ2v) is 5.18. The topological polar surface area (TPSA) is 12.0 Å². The lowest BCUT2D eigenvalue weighted by Crippen LogP contribution is -2.26. The average Bonchev–Trinajstić information content (AvgIpc) is 2.33. The second kappa shape index (κ2) is 7.53. The maximum atomic E-state index is 12.0. The number of hydrogen-bond acceptors (Lipinski definition) is 1. The minimum Gasteiger partial charge on any atom is -0.316 e. The zero-order chi connectivity index (χ0) is 14.3. The lowest BCUT2D eigenvalue weighted by atomic mass is 9.88. The molecule has 0 radical (unpaired) electrons. The summed E-state index contributed by atoms with van der Waals surface area (Å²) in [6, 6.07) is 10.1. The first-order chi connectivity index (χ1) is 8.90. The van der Waals surface area contributed by atoms with Gasteiger partial charge < -0.3 is 5.32 Å². The van der Waals surface area contributed by atoms with E-state index < -0.39 is 12.6 Å². The summed E-state index contributed by atoms with van der Waals surface area (Å²) in [7, 11) is 0. The fourth-order valence-corrected chi connectivity index (χ4v) is 2.11. The van der Waals surface area contributed by atoms with Crippen LogP contribution in [-0.2, 0) is 0 Å². The van der Waals surface area contributed by atoms with Crippen molar-refractivity contribution in [2.75, 3.05) is 13.1 Å². The molecular formula is C15H22F3N. The standard InChI is InChI=1S/C15H22F3N/c1-12(2)14(13-7-4-3-5-8-13)11-19-10-6-9-15(16,17)18/h3-5,7-8,12,14,19H,6,9-11H2,1-2H3. The van der Waals surface area contributed by atoms with E-state index in [4.69, 9.17) is 0 Å². The Labute approximate surface area is 113 Å². The number of hydrogen-bond donors (Lipinski definition) is 1. The van der Waals surface area contributed by atoms with E-state index in [1.54, 1.807) is 0 Å². The third kappa shape index (κ3) is 6.62. The van der Waals surface area contributed by atoms with Crippen molar-refractivity contribution < 1.29 is 13.2 Å². The first-order valence-corrected chi connectivity index (χ1v) is 6.72. The van der Waals surface area contributed by atoms with Gasteiger partial charge in [0.15, 0.2) is 0 Å². The molecule has 0 amide bonds. The summed E-state index contributed by atoms with van der Waals surface area (Å²) >= 11 is 0. The maximum Gasteiger partial charge on any atom is 0.389 e. The summed E-state index contributed by atoms with van der Waals surface area (Å²) in [5.74, 6) is 0.796. The summed E-state index contributed by atoms with van der Waals surface area (Å²) in [5, 5.41) is 3.14. The molecule has 1 unspecified atom stereocenters. The van der Waals surface area contributed by atoms with Gasteiger partial charge in [-0.15, -0.1) is 0 Å². The Morgan fingerprint density at radius 3 is 2.26 bits per heavy atom. The lowest BCUT2D eigenvalue weighted by Gasteiger charge is -2.22. The molecule has 0 aliphatic carbocycles. The van der Waals surface area contributed by atoms with Gasteiger partial charge in [0.05, 0.1) is 0 Å². The highest BCUT2D eigenvalue weighted by atomic mass is 19.4. The van der Waals surface area contributed by atoms with E-state index in [-0.39, 0.29) is 6.42 Å². The second-order valence-electron chi connectivity index (χ2n) is 5.18. The molecule has 0 spiro atoms. The number of halogens is 3. The van der Waals surface area contributed by atoms with Crippen LogP contribution in [0.15, 0.2) is 30.3 Å². The van der Waals surface area contributed by atoms with E-state index in [9.17, 15) is 13.2 Å². The molecule has 1 aromatic rings. The molecule has 0 fully saturated rings. The van der Waals surface area contributed by atoms with Gasteiger partial charge in [0, 0.05) is 13.0 Å². The van der Waals surface area contributed by atoms with Crippen molar-refractivity contribution in [1.29, 1.82) is 0 Å². The van der Waals surface area contributed by atoms with Crippen molar-refractivity contribution in [2.45, 2.75) is 38.8 Å². The summed E-state index contributed by atoms with van der Waals surface area (Å²) < 4.78 is 36.0. The number of nitrogens with one attached hydrogen (secondary N) is 1. The Morgan fingerprint density at radius 1 is 1.11 bits per heavy atom. The molecule has 4 heteroatoms. The van der Waals surface area contributed by atoms with Crippen molar-refractivity contribution in [3.8, 4) is 0 Å². The molecule has 0 aromatic heterocycles. The molecule has 0 aliphatic rings. The Hall–Kier alpha value is -1.03. The number of benzene rings is 1. The van der Waals surface area contributed by atoms with Crippen LogP contribution in [0.5, 0.6) is 0 Å². The summed E-state index contributed by atoms with van der Waals surface area (Å²) in [5.41, 5.74) is 1.24. The Kier molecular flexibility index (Phi) is 6.35. The van der Waals surface area contributed by atoms with Crippen LogP contribution < -0.4 is 5.32 Å². The van der Waals surface area contributed by atoms with Crippen molar-refractivity contribution in [2.24, 2.45) is 5.92 Å². The normalized spacial score (nSPS) is 13.8. The Balaban J connectivity index is 2.36. The van der Waals surface area contributed by atoms with Crippen molar-refractivity contribution >= 4 is 0 Å². The van der Waals surface area contributed by atoms with Crippen LogP contribution in [0.25, 0.3) is 0 Å². The SMILES string of the molecule is CC(C)C(CNCCCC(F)(F)F)c1ccccc1. The predicted molar refractivity (Wildman–Crippen MR) is 72.2 cm³/mol. The van der Waals surface area contributed by atoms with Crippen molar-refractivity contribution in [3.63, 3.8) is 0 Å². The summed E-state index contributed by atoms with van der Waals surface area (Å²) in [6.07, 6.45) is -4.61. The predicted octanol–water partition coefficient (Wildman–Crippen LogP) is 4.36. The van der Waals surface area contributed by atoms with Crippen molar-refractivity contribution in [3.05, 3.63) is 35.9 Å². The molecule has 1 aromatic carbocycles. The van der Waals surface area contributed by atoms with Gasteiger partial charge in [0.25, 0.3) is 0 Å². The lowest BCUT2D eigenvalue weighted by molar-refractivity contribution is -0.135. The Morgan fingerprint density at radius 2 is 1.74 bits per heavy atom. The highest BCUT2D eigenvalue weighted by molar-refractivity contribution is 5.20. The van der Waals surface area contributed by atoms with E-state index in [0.29, 0.717) is 18.4 Å². The minimum atomic E-state index is -4.04. The molecule has 1 nitrogen and oxygen atoms in total. The molecule has 0 saturated heterocycles. The molecule has 1 N–H and O–H groups in total. The molecular weight excluding hydrogens is 251 g/mol. The van der Waals surface area contributed by atoms with Gasteiger partial charge in [0.2, 0.25) is 0 Å². The van der Waals surface area contributed by atoms with Gasteiger partial charge >= 0.3 is 6.18 Å². The third-order valence-electron chi connectivity index (χ3n) is 3.21. The van der Waals surface area contributed by atoms with Crippen molar-refractivity contribution in [1.82, 2.24) is 5.32 Å². The van der Waals surface area contributed by atoms with E-state index >= 15 is 0 Å². The smallest absolute Gasteiger partial charge is 0.316 e. The van der Waals surface area contributed by atoms with Gasteiger partial charge in [-0.1, -0.05) is 44.2 Å². The molecule has 19 heavy (non-hydrogen) atoms. The van der Waals surface area contributed by atoms with Gasteiger partial charge in [-0.2, -0.15) is 13.2 Å². The Bertz CT molecular complexity index is 346. The van der Waals surface area contributed by atoms with Crippen LogP contribution in [0, 0.1) is 5.92 Å². The molecule has 108 valence electrons. The summed E-state index contributed by atoms with van der Waals surface area (Å²) in [4.78, 5) is 0. The van der Waals surface area contributed by atoms with Crippen LogP contribution in [0.2, 0.25) is 0 Å². The highest BCUT2D eigenvalue weighted by Crippen LogP contribution is 2.24. The average molecular weight is 273 g/mol. The van der Waals surface area contributed by atoms with E-state index in [1.807, 2.05) is 18.2 Å². The van der Waals surface area contributed by atoms with E-state index in [2.05, 4.69) is 31.3 Å². The molecule has 0 saturated carbocycles. The van der Waals surface area contributed by atoms with Gasteiger partial charge in [-0.3, -0.25) is 0 Å². The fraction of sp³-hybridized carbons (Fsp3) is 0.600. The quantitative estimate of drug-likeness (QED) is 0.728. The number of rotatable bonds is 7. The van der Waals surface area contributed by atoms with Gasteiger partial charge in [-0.25, -0.2) is 0 Å². The van der Waals surface area contributed by atoms with Gasteiger partial charge in [0.1, 0.15) is 0 Å². The van der Waals surface area contributed by atoms with Crippen LogP contribution in [0.1, 0.15) is 38.2 Å². The van der Waals surface area contributed by atoms with Crippen LogP contribution in [-0.4, -0.2) is 19.3 Å². The highest BCUT2D eigenvalue weighted by Gasteiger charge is 2.25. The van der Waals surface area contributed by atoms with Crippen LogP contribution in [0.4, 0.5) is 13.2 Å². The first kappa shape index (κ1) is 16.0. The minimum absolute atomic E-state index is 0.142. The molecule has 1 rings (SSSR count). The summed E-state index contributed by atoms with van der Waals surface area (Å²) in [6.45, 7) is 5.40. The first-order valence-electron chi connectivity index (χ1n) is 6.72. The van der Waals surface area contributed by atoms with Crippen LogP contribution in [0.3, 0.4) is 0 Å². The maximum absolute atomic E-state index is 12.0. The van der Waals surface area contributed by atoms with E-state index in [0.717, 1.165) is 6.54 Å². The van der Waals surface area contributed by atoms with Gasteiger partial charge in [-0.05, 0) is 30.4 Å². The molecule has 0 aliphatic heterocycles. The van der Waals surface area contributed by atoms with E-state index in [1.165, 1.54) is 5.56 Å². The molecule has 0 bridgehead atoms. The largest absolute Gasteiger partial charge is 0.389 e. The molecule has 0 heterocycles. The van der Waals surface area contributed by atoms with Crippen LogP contribution >= 0.6 is 0 Å². The number of alkyl halides is 3. The molecule has 1 atom stereocenters.